The van der Waals surface area contributed by atoms with Gasteiger partial charge in [0.25, 0.3) is 0 Å². The zero-order valence-corrected chi connectivity index (χ0v) is 14.6. The Balaban J connectivity index is 2.27. The maximum absolute atomic E-state index is 5.98. The summed E-state index contributed by atoms with van der Waals surface area (Å²) in [5, 5.41) is 4.52. The van der Waals surface area contributed by atoms with Crippen LogP contribution in [0, 0.1) is 0 Å². The van der Waals surface area contributed by atoms with Crippen molar-refractivity contribution in [2.45, 2.75) is 26.2 Å². The van der Waals surface area contributed by atoms with Crippen molar-refractivity contribution in [1.82, 2.24) is 9.78 Å². The molecule has 0 bridgehead atoms. The molecule has 5 nitrogen and oxygen atoms in total. The first-order valence-corrected chi connectivity index (χ1v) is 8.20. The summed E-state index contributed by atoms with van der Waals surface area (Å²) >= 11 is 3.66. The average molecular weight is 366 g/mol. The van der Waals surface area contributed by atoms with Crippen molar-refractivity contribution in [2.24, 2.45) is 7.05 Å². The van der Waals surface area contributed by atoms with Crippen LogP contribution < -0.4 is 15.2 Å². The molecule has 118 valence electrons. The normalized spacial score (nSPS) is 14.2. The summed E-state index contributed by atoms with van der Waals surface area (Å²) in [5.74, 6) is 2.52. The van der Waals surface area contributed by atoms with E-state index in [0.29, 0.717) is 19.0 Å². The Morgan fingerprint density at radius 3 is 2.64 bits per heavy atom. The van der Waals surface area contributed by atoms with Crippen LogP contribution in [0.1, 0.15) is 31.7 Å². The number of nitrogens with two attached hydrogens (primary N) is 1. The Bertz CT molecular complexity index is 690. The van der Waals surface area contributed by atoms with E-state index in [2.05, 4.69) is 34.9 Å². The first kappa shape index (κ1) is 15.2. The predicted molar refractivity (Wildman–Crippen MR) is 90.5 cm³/mol. The topological polar surface area (TPSA) is 62.3 Å². The van der Waals surface area contributed by atoms with Crippen LogP contribution in [0.4, 0.5) is 5.82 Å². The molecule has 6 heteroatoms. The number of nitrogens with zero attached hydrogens (tertiary/aromatic N) is 2. The van der Waals surface area contributed by atoms with Crippen LogP contribution in [-0.4, -0.2) is 23.0 Å². The highest BCUT2D eigenvalue weighted by atomic mass is 79.9. The average Bonchev–Trinajstić information content (AvgIpc) is 2.66. The molecule has 0 saturated carbocycles. The number of hydrogen-bond acceptors (Lipinski definition) is 4. The van der Waals surface area contributed by atoms with Crippen molar-refractivity contribution in [3.63, 3.8) is 0 Å². The fourth-order valence-electron chi connectivity index (χ4n) is 2.71. The molecule has 0 spiro atoms. The third-order valence-electron chi connectivity index (χ3n) is 3.78. The van der Waals surface area contributed by atoms with Crippen molar-refractivity contribution >= 4 is 21.7 Å². The van der Waals surface area contributed by atoms with Crippen molar-refractivity contribution in [3.8, 4) is 22.8 Å². The lowest BCUT2D eigenvalue weighted by atomic mass is 9.93. The molecule has 0 amide bonds. The zero-order chi connectivity index (χ0) is 15.9. The Morgan fingerprint density at radius 2 is 2.00 bits per heavy atom. The summed E-state index contributed by atoms with van der Waals surface area (Å²) < 4.78 is 14.4. The first-order valence-electron chi connectivity index (χ1n) is 7.41. The van der Waals surface area contributed by atoms with Gasteiger partial charge in [0.05, 0.1) is 18.9 Å². The SMILES string of the molecule is CC(C)c1c2c(cc(Br)c1-c1cc(N)n(C)n1)OCCCO2. The highest BCUT2D eigenvalue weighted by Crippen LogP contribution is 2.47. The van der Waals surface area contributed by atoms with Gasteiger partial charge in [0.1, 0.15) is 5.82 Å². The van der Waals surface area contributed by atoms with Gasteiger partial charge in [-0.15, -0.1) is 0 Å². The number of halogens is 1. The number of aryl methyl sites for hydroxylation is 1. The molecule has 2 aromatic rings. The molecule has 2 heterocycles. The van der Waals surface area contributed by atoms with Gasteiger partial charge >= 0.3 is 0 Å². The molecule has 0 aliphatic carbocycles. The van der Waals surface area contributed by atoms with Crippen LogP contribution in [0.15, 0.2) is 16.6 Å². The fraction of sp³-hybridized carbons (Fsp3) is 0.438. The van der Waals surface area contributed by atoms with E-state index in [9.17, 15) is 0 Å². The highest BCUT2D eigenvalue weighted by Gasteiger charge is 2.25. The Hall–Kier alpha value is -1.69. The van der Waals surface area contributed by atoms with Crippen LogP contribution in [0.3, 0.4) is 0 Å². The van der Waals surface area contributed by atoms with Crippen LogP contribution in [-0.2, 0) is 7.05 Å². The van der Waals surface area contributed by atoms with Gasteiger partial charge in [-0.3, -0.25) is 4.68 Å². The third kappa shape index (κ3) is 2.56. The van der Waals surface area contributed by atoms with Crippen LogP contribution in [0.2, 0.25) is 0 Å². The minimum absolute atomic E-state index is 0.270. The van der Waals surface area contributed by atoms with E-state index < -0.39 is 0 Å². The van der Waals surface area contributed by atoms with E-state index in [1.54, 1.807) is 4.68 Å². The summed E-state index contributed by atoms with van der Waals surface area (Å²) in [7, 11) is 1.84. The summed E-state index contributed by atoms with van der Waals surface area (Å²) in [4.78, 5) is 0. The van der Waals surface area contributed by atoms with Gasteiger partial charge in [-0.05, 0) is 27.9 Å². The quantitative estimate of drug-likeness (QED) is 0.880. The molecular formula is C16H20BrN3O2. The number of ether oxygens (including phenoxy) is 2. The van der Waals surface area contributed by atoms with Gasteiger partial charge in [0.2, 0.25) is 0 Å². The molecule has 1 aromatic carbocycles. The number of benzene rings is 1. The van der Waals surface area contributed by atoms with E-state index in [-0.39, 0.29) is 5.92 Å². The number of hydrogen-bond donors (Lipinski definition) is 1. The van der Waals surface area contributed by atoms with Crippen LogP contribution >= 0.6 is 15.9 Å². The second-order valence-corrected chi connectivity index (χ2v) is 6.61. The van der Waals surface area contributed by atoms with Crippen molar-refractivity contribution in [2.75, 3.05) is 18.9 Å². The minimum atomic E-state index is 0.270. The van der Waals surface area contributed by atoms with E-state index in [1.807, 2.05) is 19.2 Å². The lowest BCUT2D eigenvalue weighted by Crippen LogP contribution is -2.03. The maximum Gasteiger partial charge on any atom is 0.165 e. The number of anilines is 1. The highest BCUT2D eigenvalue weighted by molar-refractivity contribution is 9.10. The molecule has 2 N–H and O–H groups in total. The molecule has 0 fully saturated rings. The van der Waals surface area contributed by atoms with Crippen molar-refractivity contribution < 1.29 is 9.47 Å². The molecule has 0 radical (unpaired) electrons. The van der Waals surface area contributed by atoms with Gasteiger partial charge in [0, 0.05) is 35.1 Å². The van der Waals surface area contributed by atoms with E-state index in [4.69, 9.17) is 15.2 Å². The number of rotatable bonds is 2. The second-order valence-electron chi connectivity index (χ2n) is 5.76. The van der Waals surface area contributed by atoms with Crippen LogP contribution in [0.25, 0.3) is 11.3 Å². The first-order chi connectivity index (χ1) is 10.5. The standard InChI is InChI=1S/C16H20BrN3O2/c1-9(2)14-15(11-8-13(18)20(3)19-11)10(17)7-12-16(14)22-6-4-5-21-12/h7-9H,4-6,18H2,1-3H3. The van der Waals surface area contributed by atoms with Gasteiger partial charge in [-0.25, -0.2) is 0 Å². The van der Waals surface area contributed by atoms with Crippen LogP contribution in [0.5, 0.6) is 11.5 Å². The third-order valence-corrected chi connectivity index (χ3v) is 4.40. The smallest absolute Gasteiger partial charge is 0.165 e. The number of aromatic nitrogens is 2. The Kier molecular flexibility index (Phi) is 4.04. The van der Waals surface area contributed by atoms with Gasteiger partial charge in [0.15, 0.2) is 11.5 Å². The second kappa shape index (κ2) is 5.83. The maximum atomic E-state index is 5.98. The summed E-state index contributed by atoms with van der Waals surface area (Å²) in [6.45, 7) is 5.63. The summed E-state index contributed by atoms with van der Waals surface area (Å²) in [6.07, 6.45) is 0.885. The predicted octanol–water partition coefficient (Wildman–Crippen LogP) is 3.72. The molecule has 22 heavy (non-hydrogen) atoms. The number of nitrogen functional groups attached to an aromatic ring is 1. The number of fused-ring (bicyclic) bond motifs is 1. The lowest BCUT2D eigenvalue weighted by Gasteiger charge is -2.20. The molecule has 0 atom stereocenters. The van der Waals surface area contributed by atoms with Gasteiger partial charge in [-0.2, -0.15) is 5.10 Å². The van der Waals surface area contributed by atoms with E-state index in [1.165, 1.54) is 0 Å². The van der Waals surface area contributed by atoms with E-state index in [0.717, 1.165) is 39.2 Å². The molecule has 3 rings (SSSR count). The zero-order valence-electron chi connectivity index (χ0n) is 13.0. The van der Waals surface area contributed by atoms with Gasteiger partial charge in [-0.1, -0.05) is 13.8 Å². The largest absolute Gasteiger partial charge is 0.490 e. The Morgan fingerprint density at radius 1 is 1.27 bits per heavy atom. The molecule has 0 saturated heterocycles. The molecule has 0 unspecified atom stereocenters. The van der Waals surface area contributed by atoms with Gasteiger partial charge < -0.3 is 15.2 Å². The Labute approximate surface area is 138 Å². The molecule has 1 aromatic heterocycles. The monoisotopic (exact) mass is 365 g/mol. The minimum Gasteiger partial charge on any atom is -0.490 e. The van der Waals surface area contributed by atoms with Crippen molar-refractivity contribution in [1.29, 1.82) is 0 Å². The summed E-state index contributed by atoms with van der Waals surface area (Å²) in [5.41, 5.74) is 8.91. The van der Waals surface area contributed by atoms with Crippen molar-refractivity contribution in [3.05, 3.63) is 22.2 Å². The summed E-state index contributed by atoms with van der Waals surface area (Å²) in [6, 6.07) is 3.85. The fourth-order valence-corrected chi connectivity index (χ4v) is 3.34. The lowest BCUT2D eigenvalue weighted by molar-refractivity contribution is 0.296. The molecular weight excluding hydrogens is 346 g/mol. The van der Waals surface area contributed by atoms with E-state index >= 15 is 0 Å². The molecule has 1 aliphatic heterocycles. The molecule has 1 aliphatic rings.